The van der Waals surface area contributed by atoms with E-state index in [0.29, 0.717) is 11.3 Å². The van der Waals surface area contributed by atoms with Gasteiger partial charge < -0.3 is 14.4 Å². The third kappa shape index (κ3) is 2.69. The number of hydrogen-bond donors (Lipinski definition) is 0. The van der Waals surface area contributed by atoms with E-state index in [1.54, 1.807) is 7.05 Å². The maximum atomic E-state index is 13.5. The molecule has 2 aromatic rings. The Morgan fingerprint density at radius 3 is 2.87 bits per heavy atom. The number of aromatic nitrogens is 1. The number of ether oxygens (including phenoxy) is 2. The Balaban J connectivity index is 1.93. The molecule has 120 valence electrons. The van der Waals surface area contributed by atoms with Crippen LogP contribution in [0.15, 0.2) is 30.5 Å². The lowest BCUT2D eigenvalue weighted by Gasteiger charge is -2.24. The third-order valence-electron chi connectivity index (χ3n) is 3.76. The van der Waals surface area contributed by atoms with Crippen LogP contribution >= 0.6 is 0 Å². The summed E-state index contributed by atoms with van der Waals surface area (Å²) in [5.41, 5.74) is 0.573. The van der Waals surface area contributed by atoms with Crippen molar-refractivity contribution in [1.29, 1.82) is 0 Å². The van der Waals surface area contributed by atoms with Gasteiger partial charge >= 0.3 is 0 Å². The Labute approximate surface area is 131 Å². The van der Waals surface area contributed by atoms with Gasteiger partial charge in [-0.3, -0.25) is 4.79 Å². The topological polar surface area (TPSA) is 51.7 Å². The summed E-state index contributed by atoms with van der Waals surface area (Å²) in [6.07, 6.45) is 0.971. The molecular weight excluding hydrogens is 306 g/mol. The van der Waals surface area contributed by atoms with E-state index in [9.17, 15) is 13.6 Å². The summed E-state index contributed by atoms with van der Waals surface area (Å²) < 4.78 is 37.3. The van der Waals surface area contributed by atoms with E-state index in [0.717, 1.165) is 12.3 Å². The molecule has 0 saturated heterocycles. The fourth-order valence-corrected chi connectivity index (χ4v) is 2.56. The fraction of sp³-hybridized carbons (Fsp3) is 0.250. The summed E-state index contributed by atoms with van der Waals surface area (Å²) in [6, 6.07) is 4.74. The summed E-state index contributed by atoms with van der Waals surface area (Å²) >= 11 is 0. The van der Waals surface area contributed by atoms with Gasteiger partial charge in [0.05, 0.1) is 19.3 Å². The van der Waals surface area contributed by atoms with Crippen molar-refractivity contribution in [3.05, 3.63) is 53.2 Å². The number of fused-ring (bicyclic) bond motifs is 1. The Bertz CT molecular complexity index is 767. The summed E-state index contributed by atoms with van der Waals surface area (Å²) in [6.45, 7) is 0.200. The molecule has 5 nitrogen and oxygen atoms in total. The Kier molecular flexibility index (Phi) is 3.85. The Morgan fingerprint density at radius 1 is 1.35 bits per heavy atom. The van der Waals surface area contributed by atoms with Crippen molar-refractivity contribution in [2.24, 2.45) is 0 Å². The minimum atomic E-state index is -0.642. The summed E-state index contributed by atoms with van der Waals surface area (Å²) in [4.78, 5) is 17.8. The second kappa shape index (κ2) is 5.83. The van der Waals surface area contributed by atoms with Gasteiger partial charge in [-0.25, -0.2) is 13.8 Å². The first-order valence-corrected chi connectivity index (χ1v) is 6.90. The molecule has 0 aliphatic carbocycles. The molecule has 1 atom stereocenters. The second-order valence-corrected chi connectivity index (χ2v) is 5.14. The molecule has 0 bridgehead atoms. The van der Waals surface area contributed by atoms with Gasteiger partial charge in [0, 0.05) is 12.6 Å². The van der Waals surface area contributed by atoms with E-state index < -0.39 is 23.6 Å². The predicted molar refractivity (Wildman–Crippen MR) is 77.5 cm³/mol. The van der Waals surface area contributed by atoms with E-state index in [1.165, 1.54) is 30.2 Å². The van der Waals surface area contributed by atoms with Gasteiger partial charge in [-0.05, 0) is 24.3 Å². The molecule has 1 aromatic heterocycles. The molecule has 7 heteroatoms. The Hall–Kier alpha value is -2.70. The molecule has 0 saturated carbocycles. The SMILES string of the molecule is COc1ncc(F)cc1C(=O)N(C)C1COc2ccc(F)cc21. The van der Waals surface area contributed by atoms with Crippen molar-refractivity contribution >= 4 is 5.91 Å². The number of amides is 1. The van der Waals surface area contributed by atoms with Crippen molar-refractivity contribution in [1.82, 2.24) is 9.88 Å². The zero-order valence-corrected chi connectivity index (χ0v) is 12.5. The van der Waals surface area contributed by atoms with Crippen molar-refractivity contribution in [2.75, 3.05) is 20.8 Å². The third-order valence-corrected chi connectivity index (χ3v) is 3.76. The first-order chi connectivity index (χ1) is 11.0. The second-order valence-electron chi connectivity index (χ2n) is 5.14. The highest BCUT2D eigenvalue weighted by molar-refractivity contribution is 5.96. The van der Waals surface area contributed by atoms with Crippen LogP contribution in [0.4, 0.5) is 8.78 Å². The van der Waals surface area contributed by atoms with Gasteiger partial charge in [0.15, 0.2) is 0 Å². The van der Waals surface area contributed by atoms with Crippen molar-refractivity contribution < 1.29 is 23.0 Å². The quantitative estimate of drug-likeness (QED) is 0.872. The molecule has 23 heavy (non-hydrogen) atoms. The molecule has 0 N–H and O–H groups in total. The maximum absolute atomic E-state index is 13.5. The molecule has 1 aromatic carbocycles. The van der Waals surface area contributed by atoms with Crippen molar-refractivity contribution in [3.8, 4) is 11.6 Å². The van der Waals surface area contributed by atoms with Gasteiger partial charge in [-0.15, -0.1) is 0 Å². The summed E-state index contributed by atoms with van der Waals surface area (Å²) in [5, 5.41) is 0. The van der Waals surface area contributed by atoms with Crippen LogP contribution in [0.1, 0.15) is 22.0 Å². The van der Waals surface area contributed by atoms with Crippen molar-refractivity contribution in [2.45, 2.75) is 6.04 Å². The molecule has 1 unspecified atom stereocenters. The lowest BCUT2D eigenvalue weighted by molar-refractivity contribution is 0.0703. The predicted octanol–water partition coefficient (Wildman–Crippen LogP) is 2.57. The van der Waals surface area contributed by atoms with Gasteiger partial charge in [0.25, 0.3) is 5.91 Å². The number of hydrogen-bond acceptors (Lipinski definition) is 4. The van der Waals surface area contributed by atoms with Crippen LogP contribution in [0.3, 0.4) is 0 Å². The number of likely N-dealkylation sites (N-methyl/N-ethyl adjacent to an activating group) is 1. The van der Waals surface area contributed by atoms with Crippen LogP contribution in [0.5, 0.6) is 11.6 Å². The van der Waals surface area contributed by atoms with Gasteiger partial charge in [0.1, 0.15) is 29.6 Å². The summed E-state index contributed by atoms with van der Waals surface area (Å²) in [5.74, 6) is -0.983. The van der Waals surface area contributed by atoms with E-state index in [-0.39, 0.29) is 18.1 Å². The highest BCUT2D eigenvalue weighted by atomic mass is 19.1. The monoisotopic (exact) mass is 320 g/mol. The number of methoxy groups -OCH3 is 1. The fourth-order valence-electron chi connectivity index (χ4n) is 2.56. The standard InChI is InChI=1S/C16H14F2N2O3/c1-20(13-8-23-14-4-3-9(17)5-11(13)14)16(21)12-6-10(18)7-19-15(12)22-2/h3-7,13H,8H2,1-2H3. The molecule has 0 fully saturated rings. The van der Waals surface area contributed by atoms with Gasteiger partial charge in [-0.1, -0.05) is 0 Å². The highest BCUT2D eigenvalue weighted by Crippen LogP contribution is 2.36. The maximum Gasteiger partial charge on any atom is 0.259 e. The van der Waals surface area contributed by atoms with E-state index in [2.05, 4.69) is 4.98 Å². The average molecular weight is 320 g/mol. The first-order valence-electron chi connectivity index (χ1n) is 6.90. The Morgan fingerprint density at radius 2 is 2.13 bits per heavy atom. The normalized spacial score (nSPS) is 15.7. The first kappa shape index (κ1) is 15.2. The molecule has 1 amide bonds. The van der Waals surface area contributed by atoms with Crippen LogP contribution < -0.4 is 9.47 Å². The van der Waals surface area contributed by atoms with E-state index in [1.807, 2.05) is 0 Å². The molecule has 0 radical (unpaired) electrons. The lowest BCUT2D eigenvalue weighted by Crippen LogP contribution is -2.32. The zero-order chi connectivity index (χ0) is 16.6. The van der Waals surface area contributed by atoms with Crippen molar-refractivity contribution in [3.63, 3.8) is 0 Å². The lowest BCUT2D eigenvalue weighted by atomic mass is 10.1. The number of halogens is 2. The molecule has 0 spiro atoms. The molecular formula is C16H14F2N2O3. The van der Waals surface area contributed by atoms with Crippen LogP contribution in [0, 0.1) is 11.6 Å². The minimum Gasteiger partial charge on any atom is -0.491 e. The molecule has 1 aliphatic rings. The van der Waals surface area contributed by atoms with Crippen LogP contribution in [-0.4, -0.2) is 36.6 Å². The number of pyridine rings is 1. The molecule has 1 aliphatic heterocycles. The van der Waals surface area contributed by atoms with Gasteiger partial charge in [0.2, 0.25) is 5.88 Å². The smallest absolute Gasteiger partial charge is 0.259 e. The largest absolute Gasteiger partial charge is 0.491 e. The number of rotatable bonds is 3. The minimum absolute atomic E-state index is 0.000136. The number of carbonyl (C=O) groups excluding carboxylic acids is 1. The zero-order valence-electron chi connectivity index (χ0n) is 12.5. The summed E-state index contributed by atoms with van der Waals surface area (Å²) in [7, 11) is 2.89. The molecule has 2 heterocycles. The average Bonchev–Trinajstić information content (AvgIpc) is 2.96. The van der Waals surface area contributed by atoms with E-state index in [4.69, 9.17) is 9.47 Å². The number of carbonyl (C=O) groups is 1. The van der Waals surface area contributed by atoms with Crippen LogP contribution in [-0.2, 0) is 0 Å². The van der Waals surface area contributed by atoms with Crippen LogP contribution in [0.25, 0.3) is 0 Å². The van der Waals surface area contributed by atoms with E-state index >= 15 is 0 Å². The highest BCUT2D eigenvalue weighted by Gasteiger charge is 2.32. The number of nitrogens with zero attached hydrogens (tertiary/aromatic N) is 2. The molecule has 3 rings (SSSR count). The number of benzene rings is 1. The van der Waals surface area contributed by atoms with Crippen LogP contribution in [0.2, 0.25) is 0 Å². The van der Waals surface area contributed by atoms with Gasteiger partial charge in [-0.2, -0.15) is 0 Å².